The van der Waals surface area contributed by atoms with Gasteiger partial charge in [0, 0.05) is 19.3 Å². The number of allylic oxidation sites excluding steroid dienone is 18. The van der Waals surface area contributed by atoms with E-state index in [0.717, 1.165) is 122 Å². The van der Waals surface area contributed by atoms with Crippen LogP contribution < -0.4 is 0 Å². The summed E-state index contributed by atoms with van der Waals surface area (Å²) in [5.41, 5.74) is 0. The van der Waals surface area contributed by atoms with Crippen LogP contribution in [0, 0.1) is 0 Å². The normalized spacial score (nSPS) is 12.8. The van der Waals surface area contributed by atoms with Gasteiger partial charge in [0.2, 0.25) is 0 Å². The molecule has 0 saturated carbocycles. The Hall–Kier alpha value is -3.93. The van der Waals surface area contributed by atoms with Crippen LogP contribution >= 0.6 is 0 Å². The predicted molar refractivity (Wildman–Crippen MR) is 325 cm³/mol. The molecule has 1 unspecified atom stereocenters. The van der Waals surface area contributed by atoms with Crippen molar-refractivity contribution in [3.63, 3.8) is 0 Å². The average Bonchev–Trinajstić information content (AvgIpc) is 3.41. The van der Waals surface area contributed by atoms with E-state index < -0.39 is 6.10 Å². The van der Waals surface area contributed by atoms with Gasteiger partial charge in [-0.05, 0) is 89.9 Å². The number of hydrogen-bond donors (Lipinski definition) is 0. The third-order valence-electron chi connectivity index (χ3n) is 13.3. The first-order chi connectivity index (χ1) is 37.0. The van der Waals surface area contributed by atoms with Crippen LogP contribution in [0.3, 0.4) is 0 Å². The monoisotopic (exact) mass is 1040 g/mol. The van der Waals surface area contributed by atoms with Gasteiger partial charge < -0.3 is 14.2 Å². The Morgan fingerprint density at radius 2 is 0.520 bits per heavy atom. The number of rotatable bonds is 56. The van der Waals surface area contributed by atoms with Crippen LogP contribution in [0.25, 0.3) is 0 Å². The van der Waals surface area contributed by atoms with E-state index in [9.17, 15) is 14.4 Å². The van der Waals surface area contributed by atoms with Crippen molar-refractivity contribution >= 4 is 17.9 Å². The molecular weight excluding hydrogens is 925 g/mol. The van der Waals surface area contributed by atoms with Gasteiger partial charge in [-0.25, -0.2) is 0 Å². The van der Waals surface area contributed by atoms with Gasteiger partial charge in [-0.15, -0.1) is 0 Å². The third kappa shape index (κ3) is 60.8. The molecule has 75 heavy (non-hydrogen) atoms. The molecule has 0 aliphatic rings. The summed E-state index contributed by atoms with van der Waals surface area (Å²) in [7, 11) is 0. The van der Waals surface area contributed by atoms with E-state index in [1.54, 1.807) is 0 Å². The lowest BCUT2D eigenvalue weighted by Crippen LogP contribution is -2.30. The summed E-state index contributed by atoms with van der Waals surface area (Å²) in [4.78, 5) is 38.2. The molecule has 0 saturated heterocycles. The van der Waals surface area contributed by atoms with Crippen LogP contribution in [0.5, 0.6) is 0 Å². The van der Waals surface area contributed by atoms with Crippen LogP contribution in [0.4, 0.5) is 0 Å². The van der Waals surface area contributed by atoms with Gasteiger partial charge in [-0.1, -0.05) is 291 Å². The molecule has 0 bridgehead atoms. The number of carbonyl (C=O) groups excluding carboxylic acids is 3. The highest BCUT2D eigenvalue weighted by molar-refractivity contribution is 5.71. The van der Waals surface area contributed by atoms with Crippen molar-refractivity contribution in [1.82, 2.24) is 0 Å². The van der Waals surface area contributed by atoms with E-state index in [1.165, 1.54) is 128 Å². The second kappa shape index (κ2) is 62.6. The topological polar surface area (TPSA) is 78.9 Å². The van der Waals surface area contributed by atoms with Gasteiger partial charge in [-0.2, -0.15) is 0 Å². The second-order valence-corrected chi connectivity index (χ2v) is 20.6. The highest BCUT2D eigenvalue weighted by Crippen LogP contribution is 2.16. The lowest BCUT2D eigenvalue weighted by molar-refractivity contribution is -0.167. The maximum Gasteiger partial charge on any atom is 0.306 e. The maximum absolute atomic E-state index is 12.9. The van der Waals surface area contributed by atoms with Crippen LogP contribution in [0.2, 0.25) is 0 Å². The van der Waals surface area contributed by atoms with E-state index in [4.69, 9.17) is 14.2 Å². The Kier molecular flexibility index (Phi) is 59.3. The molecule has 428 valence electrons. The number of ether oxygens (including phenoxy) is 3. The minimum Gasteiger partial charge on any atom is -0.462 e. The molecule has 0 radical (unpaired) electrons. The fourth-order valence-electron chi connectivity index (χ4n) is 8.61. The highest BCUT2D eigenvalue weighted by Gasteiger charge is 2.19. The van der Waals surface area contributed by atoms with Crippen molar-refractivity contribution < 1.29 is 28.6 Å². The molecular formula is C69H116O6. The summed E-state index contributed by atoms with van der Waals surface area (Å²) in [5, 5.41) is 0. The third-order valence-corrected chi connectivity index (χ3v) is 13.3. The molecule has 0 heterocycles. The first-order valence-electron chi connectivity index (χ1n) is 31.4. The molecule has 0 N–H and O–H groups in total. The summed E-state index contributed by atoms with van der Waals surface area (Å²) in [6.45, 7) is 6.51. The number of esters is 3. The smallest absolute Gasteiger partial charge is 0.306 e. The summed E-state index contributed by atoms with van der Waals surface area (Å²) in [6.07, 6.45) is 85.2. The van der Waals surface area contributed by atoms with Crippen molar-refractivity contribution in [3.8, 4) is 0 Å². The number of hydrogen-bond acceptors (Lipinski definition) is 6. The van der Waals surface area contributed by atoms with Crippen molar-refractivity contribution in [2.45, 2.75) is 297 Å². The van der Waals surface area contributed by atoms with Crippen LogP contribution in [-0.2, 0) is 28.6 Å². The first kappa shape index (κ1) is 71.1. The van der Waals surface area contributed by atoms with Gasteiger partial charge >= 0.3 is 17.9 Å². The van der Waals surface area contributed by atoms with Crippen molar-refractivity contribution in [2.24, 2.45) is 0 Å². The Bertz CT molecular complexity index is 1520. The lowest BCUT2D eigenvalue weighted by atomic mass is 10.0. The van der Waals surface area contributed by atoms with E-state index >= 15 is 0 Å². The second-order valence-electron chi connectivity index (χ2n) is 20.6. The molecule has 1 atom stereocenters. The van der Waals surface area contributed by atoms with E-state index in [1.807, 2.05) is 0 Å². The molecule has 0 amide bonds. The first-order valence-corrected chi connectivity index (χ1v) is 31.4. The summed E-state index contributed by atoms with van der Waals surface area (Å²) < 4.78 is 16.9. The standard InChI is InChI=1S/C69H116O6/c1-4-7-10-13-16-19-22-25-27-28-29-30-31-32-33-34-35-36-37-38-39-40-41-42-43-45-47-50-53-56-59-62-68(71)74-65-66(64-73-67(70)61-58-55-52-49-46-24-21-18-15-12-9-6-3)75-69(72)63-60-57-54-51-48-44-26-23-20-17-14-11-8-5-2/h7,10,16,19,25,27,29-30,32-33,35-36,38-39,41-42,45,47,66H,4-6,8-9,11-15,17-18,20-24,26,28,31,34,37,40,43-44,46,48-65H2,1-3H3/b10-7-,19-16-,27-25-,30-29-,33-32-,36-35-,39-38-,42-41-,47-45-. The van der Waals surface area contributed by atoms with Gasteiger partial charge in [0.05, 0.1) is 0 Å². The average molecular weight is 1040 g/mol. The minimum atomic E-state index is -0.789. The molecule has 6 nitrogen and oxygen atoms in total. The van der Waals surface area contributed by atoms with E-state index in [-0.39, 0.29) is 31.1 Å². The molecule has 0 aromatic carbocycles. The summed E-state index contributed by atoms with van der Waals surface area (Å²) in [5.74, 6) is -0.912. The van der Waals surface area contributed by atoms with Gasteiger partial charge in [0.15, 0.2) is 6.10 Å². The summed E-state index contributed by atoms with van der Waals surface area (Å²) >= 11 is 0. The zero-order valence-corrected chi connectivity index (χ0v) is 49.0. The van der Waals surface area contributed by atoms with Gasteiger partial charge in [0.25, 0.3) is 0 Å². The maximum atomic E-state index is 12.9. The fourth-order valence-corrected chi connectivity index (χ4v) is 8.61. The Balaban J connectivity index is 4.33. The molecule has 0 rings (SSSR count). The molecule has 0 spiro atoms. The van der Waals surface area contributed by atoms with Gasteiger partial charge in [0.1, 0.15) is 13.2 Å². The van der Waals surface area contributed by atoms with Crippen LogP contribution in [0.15, 0.2) is 109 Å². The lowest BCUT2D eigenvalue weighted by Gasteiger charge is -2.18. The largest absolute Gasteiger partial charge is 0.462 e. The SMILES string of the molecule is CC/C=C\C/C=C\C/C=C\C/C=C\C/C=C\C/C=C\C/C=C\C/C=C\C/C=C\CCCCCC(=O)OCC(COC(=O)CCCCCCCCCCCCCC)OC(=O)CCCCCCCCCCCCCCCC. The predicted octanol–water partition coefficient (Wildman–Crippen LogP) is 21.4. The highest BCUT2D eigenvalue weighted by atomic mass is 16.6. The minimum absolute atomic E-state index is 0.0852. The fraction of sp³-hybridized carbons (Fsp3) is 0.696. The van der Waals surface area contributed by atoms with Gasteiger partial charge in [-0.3, -0.25) is 14.4 Å². The Labute approximate surface area is 463 Å². The molecule has 0 aromatic rings. The Morgan fingerprint density at radius 1 is 0.280 bits per heavy atom. The molecule has 6 heteroatoms. The zero-order valence-electron chi connectivity index (χ0n) is 49.0. The quantitative estimate of drug-likeness (QED) is 0.0261. The number of unbranched alkanes of at least 4 members (excludes halogenated alkanes) is 27. The molecule has 0 aliphatic carbocycles. The Morgan fingerprint density at radius 3 is 0.813 bits per heavy atom. The molecule has 0 aliphatic heterocycles. The van der Waals surface area contributed by atoms with E-state index in [0.29, 0.717) is 19.3 Å². The zero-order chi connectivity index (χ0) is 54.3. The molecule has 0 fully saturated rings. The van der Waals surface area contributed by atoms with Crippen LogP contribution in [0.1, 0.15) is 290 Å². The van der Waals surface area contributed by atoms with Crippen molar-refractivity contribution in [3.05, 3.63) is 109 Å². The van der Waals surface area contributed by atoms with Crippen LogP contribution in [-0.4, -0.2) is 37.2 Å². The van der Waals surface area contributed by atoms with Crippen molar-refractivity contribution in [1.29, 1.82) is 0 Å². The number of carbonyl (C=O) groups is 3. The van der Waals surface area contributed by atoms with E-state index in [2.05, 4.69) is 130 Å². The molecule has 0 aromatic heterocycles. The van der Waals surface area contributed by atoms with Crippen molar-refractivity contribution in [2.75, 3.05) is 13.2 Å². The summed E-state index contributed by atoms with van der Waals surface area (Å²) in [6, 6.07) is 0.